The summed E-state index contributed by atoms with van der Waals surface area (Å²) in [5.41, 5.74) is 16.1. The first-order valence-electron chi connectivity index (χ1n) is 3.82. The van der Waals surface area contributed by atoms with Crippen molar-refractivity contribution in [2.45, 2.75) is 0 Å². The molecule has 0 amide bonds. The third-order valence-corrected chi connectivity index (χ3v) is 1.54. The van der Waals surface area contributed by atoms with Crippen molar-refractivity contribution in [2.75, 3.05) is 30.4 Å². The highest BCUT2D eigenvalue weighted by molar-refractivity contribution is 5.70. The molecule has 1 aromatic heterocycles. The van der Waals surface area contributed by atoms with E-state index in [2.05, 4.69) is 9.98 Å². The van der Waals surface area contributed by atoms with Crippen LogP contribution < -0.4 is 22.8 Å². The molecular weight excluding hydrogens is 188 g/mol. The van der Waals surface area contributed by atoms with Crippen molar-refractivity contribution < 1.29 is 10.3 Å². The molecule has 0 unspecified atom stereocenters. The molecule has 1 rings (SSSR count). The van der Waals surface area contributed by atoms with Crippen LogP contribution in [0.15, 0.2) is 4.99 Å². The molecule has 0 aliphatic carbocycles. The minimum atomic E-state index is -0.161. The number of nitrogens with two attached hydrogens (primary N) is 3. The Morgan fingerprint density at radius 2 is 2.00 bits per heavy atom. The second-order valence-corrected chi connectivity index (χ2v) is 2.51. The topological polar surface area (TPSA) is 149 Å². The van der Waals surface area contributed by atoms with Crippen LogP contribution in [0.5, 0.6) is 0 Å². The van der Waals surface area contributed by atoms with Gasteiger partial charge in [0.15, 0.2) is 11.6 Å². The number of nitrogen functional groups attached to an aromatic ring is 3. The van der Waals surface area contributed by atoms with Gasteiger partial charge in [0.1, 0.15) is 5.69 Å². The highest BCUT2D eigenvalue weighted by Gasteiger charge is 2.07. The van der Waals surface area contributed by atoms with Gasteiger partial charge in [0.2, 0.25) is 0 Å². The first kappa shape index (κ1) is 10.1. The van der Waals surface area contributed by atoms with E-state index in [1.54, 1.807) is 0 Å². The second kappa shape index (κ2) is 3.83. The fourth-order valence-corrected chi connectivity index (χ4v) is 0.821. The summed E-state index contributed by atoms with van der Waals surface area (Å²) in [5, 5.41) is 17.9. The van der Waals surface area contributed by atoms with Crippen LogP contribution in [0.2, 0.25) is 0 Å². The minimum Gasteiger partial charge on any atom is -0.423 e. The van der Waals surface area contributed by atoms with Crippen LogP contribution in [0.4, 0.5) is 17.3 Å². The number of anilines is 3. The third-order valence-electron chi connectivity index (χ3n) is 1.54. The van der Waals surface area contributed by atoms with Crippen molar-refractivity contribution in [1.82, 2.24) is 9.71 Å². The van der Waals surface area contributed by atoms with Crippen LogP contribution >= 0.6 is 0 Å². The largest absolute Gasteiger partial charge is 0.423 e. The number of rotatable bonds is 2. The van der Waals surface area contributed by atoms with Crippen molar-refractivity contribution in [2.24, 2.45) is 4.99 Å². The smallest absolute Gasteiger partial charge is 0.262 e. The van der Waals surface area contributed by atoms with Gasteiger partial charge in [-0.15, -0.1) is 4.73 Å². The summed E-state index contributed by atoms with van der Waals surface area (Å²) in [6, 6.07) is 0. The lowest BCUT2D eigenvalue weighted by Crippen LogP contribution is -2.28. The highest BCUT2D eigenvalue weighted by atomic mass is 16.5. The zero-order chi connectivity index (χ0) is 10.7. The Hall–Kier alpha value is -1.96. The van der Waals surface area contributed by atoms with E-state index >= 15 is 0 Å². The Kier molecular flexibility index (Phi) is 2.77. The van der Waals surface area contributed by atoms with Crippen molar-refractivity contribution in [3.63, 3.8) is 0 Å². The van der Waals surface area contributed by atoms with Gasteiger partial charge in [-0.1, -0.05) is 0 Å². The summed E-state index contributed by atoms with van der Waals surface area (Å²) in [4.78, 5) is 7.40. The van der Waals surface area contributed by atoms with E-state index in [0.717, 1.165) is 0 Å². The molecule has 14 heavy (non-hydrogen) atoms. The Morgan fingerprint density at radius 3 is 2.57 bits per heavy atom. The molecule has 0 saturated heterocycles. The number of hydrogen-bond donors (Lipinski definition) is 5. The number of aromatic nitrogens is 2. The summed E-state index contributed by atoms with van der Waals surface area (Å²) in [5.74, 6) is -0.140. The van der Waals surface area contributed by atoms with E-state index < -0.39 is 0 Å². The van der Waals surface area contributed by atoms with Gasteiger partial charge in [0.25, 0.3) is 5.62 Å². The quantitative estimate of drug-likeness (QED) is 0.341. The van der Waals surface area contributed by atoms with Gasteiger partial charge in [-0.05, 0) is 0 Å². The molecule has 1 aromatic rings. The van der Waals surface area contributed by atoms with Crippen molar-refractivity contribution in [1.29, 1.82) is 0 Å². The molecule has 0 spiro atoms. The van der Waals surface area contributed by atoms with Crippen LogP contribution in [-0.4, -0.2) is 33.2 Å². The summed E-state index contributed by atoms with van der Waals surface area (Å²) in [7, 11) is 0. The van der Waals surface area contributed by atoms with Gasteiger partial charge >= 0.3 is 0 Å². The monoisotopic (exact) mass is 200 g/mol. The van der Waals surface area contributed by atoms with Gasteiger partial charge < -0.3 is 27.5 Å². The molecule has 0 aromatic carbocycles. The molecule has 8 N–H and O–H groups in total. The van der Waals surface area contributed by atoms with Crippen LogP contribution in [0.3, 0.4) is 0 Å². The van der Waals surface area contributed by atoms with Crippen LogP contribution in [-0.2, 0) is 0 Å². The maximum absolute atomic E-state index is 9.35. The number of aliphatic hydroxyl groups excluding tert-OH is 1. The molecule has 1 heterocycles. The van der Waals surface area contributed by atoms with Gasteiger partial charge in [0.05, 0.1) is 13.2 Å². The SMILES string of the molecule is Nc1nc(=NCCO)n(O)c(N)c1N. The number of hydrogen-bond acceptors (Lipinski definition) is 7. The number of nitrogens with zero attached hydrogens (tertiary/aromatic N) is 3. The lowest BCUT2D eigenvalue weighted by molar-refractivity contribution is 0.173. The average molecular weight is 200 g/mol. The van der Waals surface area contributed by atoms with E-state index in [0.29, 0.717) is 4.73 Å². The lowest BCUT2D eigenvalue weighted by Gasteiger charge is -2.07. The summed E-state index contributed by atoms with van der Waals surface area (Å²) in [6.07, 6.45) is 0. The molecule has 0 aliphatic rings. The fraction of sp³-hybridized carbons (Fsp3) is 0.333. The van der Waals surface area contributed by atoms with Crippen molar-refractivity contribution >= 4 is 17.3 Å². The molecule has 0 atom stereocenters. The predicted molar refractivity (Wildman–Crippen MR) is 50.2 cm³/mol. The molecule has 0 radical (unpaired) electrons. The van der Waals surface area contributed by atoms with Crippen LogP contribution in [0, 0.1) is 0 Å². The van der Waals surface area contributed by atoms with E-state index in [-0.39, 0.29) is 36.1 Å². The Morgan fingerprint density at radius 1 is 1.36 bits per heavy atom. The van der Waals surface area contributed by atoms with E-state index in [1.807, 2.05) is 0 Å². The molecule has 78 valence electrons. The Bertz CT molecular complexity index is 398. The maximum Gasteiger partial charge on any atom is 0.262 e. The molecule has 0 aliphatic heterocycles. The first-order chi connectivity index (χ1) is 6.57. The lowest BCUT2D eigenvalue weighted by atomic mass is 10.4. The predicted octanol–water partition coefficient (Wildman–Crippen LogP) is -2.24. The molecule has 8 nitrogen and oxygen atoms in total. The summed E-state index contributed by atoms with van der Waals surface area (Å²) < 4.78 is 0.515. The molecule has 0 bridgehead atoms. The summed E-state index contributed by atoms with van der Waals surface area (Å²) >= 11 is 0. The number of aliphatic hydroxyl groups is 1. The van der Waals surface area contributed by atoms with Gasteiger partial charge in [-0.2, -0.15) is 4.98 Å². The van der Waals surface area contributed by atoms with E-state index in [1.165, 1.54) is 0 Å². The van der Waals surface area contributed by atoms with Gasteiger partial charge in [-0.3, -0.25) is 0 Å². The maximum atomic E-state index is 9.35. The van der Waals surface area contributed by atoms with E-state index in [4.69, 9.17) is 22.3 Å². The average Bonchev–Trinajstić information content (AvgIpc) is 2.18. The molecule has 0 fully saturated rings. The third kappa shape index (κ3) is 1.69. The molecule has 0 saturated carbocycles. The van der Waals surface area contributed by atoms with E-state index in [9.17, 15) is 5.21 Å². The fourth-order valence-electron chi connectivity index (χ4n) is 0.821. The van der Waals surface area contributed by atoms with Gasteiger partial charge in [0, 0.05) is 0 Å². The van der Waals surface area contributed by atoms with Crippen molar-refractivity contribution in [3.8, 4) is 0 Å². The standard InChI is InChI=1S/C6H12N6O2/c7-3-4(8)11-6(10-1-2-13)12(14)5(3)9/h13-14H,1-2,7,9H2,(H2,8,10,11). The first-order valence-corrected chi connectivity index (χ1v) is 3.82. The van der Waals surface area contributed by atoms with Crippen LogP contribution in [0.25, 0.3) is 0 Å². The van der Waals surface area contributed by atoms with Crippen molar-refractivity contribution in [3.05, 3.63) is 5.62 Å². The Balaban J connectivity index is 3.33. The highest BCUT2D eigenvalue weighted by Crippen LogP contribution is 2.15. The zero-order valence-electron chi connectivity index (χ0n) is 7.38. The molecular formula is C6H12N6O2. The molecule has 8 heteroatoms. The zero-order valence-corrected chi connectivity index (χ0v) is 7.38. The van der Waals surface area contributed by atoms with Crippen LogP contribution in [0.1, 0.15) is 0 Å². The normalized spacial score (nSPS) is 11.9. The van der Waals surface area contributed by atoms with Gasteiger partial charge in [-0.25, -0.2) is 4.99 Å². The summed E-state index contributed by atoms with van der Waals surface area (Å²) in [6.45, 7) is -0.0672. The minimum absolute atomic E-state index is 0.00421. The Labute approximate surface area is 79.3 Å². The second-order valence-electron chi connectivity index (χ2n) is 2.51.